The first-order chi connectivity index (χ1) is 8.97. The lowest BCUT2D eigenvalue weighted by Crippen LogP contribution is -2.34. The number of nitrogens with zero attached hydrogens (tertiary/aromatic N) is 1. The Morgan fingerprint density at radius 3 is 2.53 bits per heavy atom. The van der Waals surface area contributed by atoms with Gasteiger partial charge in [0, 0.05) is 29.8 Å². The van der Waals surface area contributed by atoms with Crippen molar-refractivity contribution in [1.82, 2.24) is 5.32 Å². The number of benzene rings is 1. The van der Waals surface area contributed by atoms with Crippen LogP contribution in [-0.4, -0.2) is 19.6 Å². The van der Waals surface area contributed by atoms with E-state index in [2.05, 4.69) is 79.1 Å². The van der Waals surface area contributed by atoms with Gasteiger partial charge in [0.05, 0.1) is 0 Å². The van der Waals surface area contributed by atoms with Gasteiger partial charge in [0.15, 0.2) is 0 Å². The highest BCUT2D eigenvalue weighted by atomic mass is 79.9. The molecular formula is C16H27BrN2. The van der Waals surface area contributed by atoms with Crippen LogP contribution in [-0.2, 0) is 6.54 Å². The van der Waals surface area contributed by atoms with Crippen molar-refractivity contribution < 1.29 is 0 Å². The molecule has 0 saturated heterocycles. The third kappa shape index (κ3) is 4.81. The van der Waals surface area contributed by atoms with Crippen LogP contribution in [0.3, 0.4) is 0 Å². The molecule has 1 unspecified atom stereocenters. The van der Waals surface area contributed by atoms with Gasteiger partial charge in [-0.15, -0.1) is 0 Å². The molecule has 0 saturated carbocycles. The second-order valence-corrected chi connectivity index (χ2v) is 6.46. The predicted octanol–water partition coefficient (Wildman–Crippen LogP) is 4.43. The summed E-state index contributed by atoms with van der Waals surface area (Å²) < 4.78 is 1.15. The van der Waals surface area contributed by atoms with Crippen LogP contribution in [0.5, 0.6) is 0 Å². The Bertz CT molecular complexity index is 390. The lowest BCUT2D eigenvalue weighted by atomic mass is 10.0. The minimum Gasteiger partial charge on any atom is -0.371 e. The number of halogens is 1. The smallest absolute Gasteiger partial charge is 0.0412 e. The van der Waals surface area contributed by atoms with Crippen LogP contribution in [0.25, 0.3) is 0 Å². The standard InChI is InChI=1S/C16H27BrN2/c1-6-9-18-11-14-10-15(17)7-8-16(14)19(5)13(4)12(2)3/h7-8,10,12-13,18H,6,9,11H2,1-5H3. The fraction of sp³-hybridized carbons (Fsp3) is 0.625. The van der Waals surface area contributed by atoms with Gasteiger partial charge in [0.25, 0.3) is 0 Å². The number of hydrogen-bond acceptors (Lipinski definition) is 2. The maximum Gasteiger partial charge on any atom is 0.0412 e. The summed E-state index contributed by atoms with van der Waals surface area (Å²) in [6.45, 7) is 11.0. The molecule has 0 spiro atoms. The third-order valence-electron chi connectivity index (χ3n) is 3.74. The van der Waals surface area contributed by atoms with Crippen molar-refractivity contribution in [2.45, 2.75) is 46.7 Å². The van der Waals surface area contributed by atoms with Gasteiger partial charge in [0.1, 0.15) is 0 Å². The van der Waals surface area contributed by atoms with Crippen LogP contribution in [0, 0.1) is 5.92 Å². The molecule has 0 aliphatic carbocycles. The Morgan fingerprint density at radius 2 is 1.95 bits per heavy atom. The van der Waals surface area contributed by atoms with Crippen molar-refractivity contribution in [3.05, 3.63) is 28.2 Å². The summed E-state index contributed by atoms with van der Waals surface area (Å²) in [7, 11) is 2.19. The van der Waals surface area contributed by atoms with Gasteiger partial charge in [-0.25, -0.2) is 0 Å². The molecule has 0 aliphatic rings. The molecule has 0 bridgehead atoms. The molecule has 1 rings (SSSR count). The summed E-state index contributed by atoms with van der Waals surface area (Å²) in [5.74, 6) is 0.644. The molecule has 1 aromatic carbocycles. The van der Waals surface area contributed by atoms with Gasteiger partial charge in [-0.05, 0) is 49.6 Å². The topological polar surface area (TPSA) is 15.3 Å². The highest BCUT2D eigenvalue weighted by molar-refractivity contribution is 9.10. The van der Waals surface area contributed by atoms with Crippen LogP contribution >= 0.6 is 15.9 Å². The van der Waals surface area contributed by atoms with E-state index in [9.17, 15) is 0 Å². The number of rotatable bonds is 7. The van der Waals surface area contributed by atoms with Gasteiger partial charge in [-0.2, -0.15) is 0 Å². The molecule has 19 heavy (non-hydrogen) atoms. The van der Waals surface area contributed by atoms with Gasteiger partial charge < -0.3 is 10.2 Å². The molecule has 3 heteroatoms. The molecule has 0 aliphatic heterocycles. The monoisotopic (exact) mass is 326 g/mol. The Morgan fingerprint density at radius 1 is 1.26 bits per heavy atom. The van der Waals surface area contributed by atoms with Crippen molar-refractivity contribution >= 4 is 21.6 Å². The number of anilines is 1. The molecule has 1 N–H and O–H groups in total. The van der Waals surface area contributed by atoms with Crippen LogP contribution in [0.2, 0.25) is 0 Å². The highest BCUT2D eigenvalue weighted by Gasteiger charge is 2.16. The fourth-order valence-electron chi connectivity index (χ4n) is 2.11. The number of hydrogen-bond donors (Lipinski definition) is 1. The van der Waals surface area contributed by atoms with E-state index in [4.69, 9.17) is 0 Å². The molecule has 1 aromatic rings. The van der Waals surface area contributed by atoms with E-state index >= 15 is 0 Å². The van der Waals surface area contributed by atoms with E-state index in [-0.39, 0.29) is 0 Å². The Hall–Kier alpha value is -0.540. The van der Waals surface area contributed by atoms with Gasteiger partial charge in [-0.3, -0.25) is 0 Å². The maximum atomic E-state index is 3.57. The second-order valence-electron chi connectivity index (χ2n) is 5.55. The summed E-state index contributed by atoms with van der Waals surface area (Å²) >= 11 is 3.57. The predicted molar refractivity (Wildman–Crippen MR) is 88.8 cm³/mol. The summed E-state index contributed by atoms with van der Waals surface area (Å²) in [6.07, 6.45) is 1.17. The first-order valence-corrected chi connectivity index (χ1v) is 7.98. The molecule has 0 fully saturated rings. The molecule has 1 atom stereocenters. The average molecular weight is 327 g/mol. The van der Waals surface area contributed by atoms with Crippen LogP contribution in [0.15, 0.2) is 22.7 Å². The van der Waals surface area contributed by atoms with Gasteiger partial charge >= 0.3 is 0 Å². The fourth-order valence-corrected chi connectivity index (χ4v) is 2.51. The highest BCUT2D eigenvalue weighted by Crippen LogP contribution is 2.26. The zero-order chi connectivity index (χ0) is 14.4. The van der Waals surface area contributed by atoms with E-state index in [1.54, 1.807) is 0 Å². The van der Waals surface area contributed by atoms with Crippen LogP contribution in [0.4, 0.5) is 5.69 Å². The van der Waals surface area contributed by atoms with E-state index in [1.807, 2.05) is 0 Å². The quantitative estimate of drug-likeness (QED) is 0.745. The van der Waals surface area contributed by atoms with E-state index in [0.29, 0.717) is 12.0 Å². The molecule has 0 heterocycles. The zero-order valence-corrected chi connectivity index (χ0v) is 14.4. The van der Waals surface area contributed by atoms with E-state index in [0.717, 1.165) is 17.6 Å². The van der Waals surface area contributed by atoms with Crippen molar-refractivity contribution in [3.63, 3.8) is 0 Å². The second kappa shape index (κ2) is 7.91. The minimum absolute atomic E-state index is 0.533. The normalized spacial score (nSPS) is 12.8. The molecule has 0 radical (unpaired) electrons. The Kier molecular flexibility index (Phi) is 6.87. The molecule has 2 nitrogen and oxygen atoms in total. The summed E-state index contributed by atoms with van der Waals surface area (Å²) in [6, 6.07) is 7.10. The van der Waals surface area contributed by atoms with Gasteiger partial charge in [0.2, 0.25) is 0 Å². The lowest BCUT2D eigenvalue weighted by Gasteiger charge is -2.32. The van der Waals surface area contributed by atoms with Gasteiger partial charge in [-0.1, -0.05) is 36.7 Å². The summed E-state index contributed by atoms with van der Waals surface area (Å²) in [5, 5.41) is 3.49. The minimum atomic E-state index is 0.533. The molecular weight excluding hydrogens is 300 g/mol. The zero-order valence-electron chi connectivity index (χ0n) is 12.8. The van der Waals surface area contributed by atoms with Crippen LogP contribution in [0.1, 0.15) is 39.7 Å². The first-order valence-electron chi connectivity index (χ1n) is 7.19. The maximum absolute atomic E-state index is 3.57. The Labute approximate surface area is 126 Å². The van der Waals surface area contributed by atoms with Crippen LogP contribution < -0.4 is 10.2 Å². The molecule has 0 amide bonds. The van der Waals surface area contributed by atoms with Crippen molar-refractivity contribution in [3.8, 4) is 0 Å². The molecule has 108 valence electrons. The largest absolute Gasteiger partial charge is 0.371 e. The van der Waals surface area contributed by atoms with Crippen molar-refractivity contribution in [1.29, 1.82) is 0 Å². The van der Waals surface area contributed by atoms with Crippen molar-refractivity contribution in [2.24, 2.45) is 5.92 Å². The summed E-state index contributed by atoms with van der Waals surface area (Å²) in [4.78, 5) is 2.39. The Balaban J connectivity index is 2.92. The third-order valence-corrected chi connectivity index (χ3v) is 4.23. The van der Waals surface area contributed by atoms with E-state index < -0.39 is 0 Å². The summed E-state index contributed by atoms with van der Waals surface area (Å²) in [5.41, 5.74) is 2.69. The lowest BCUT2D eigenvalue weighted by molar-refractivity contribution is 0.504. The number of nitrogens with one attached hydrogen (secondary N) is 1. The SMILES string of the molecule is CCCNCc1cc(Br)ccc1N(C)C(C)C(C)C. The first kappa shape index (κ1) is 16.5. The average Bonchev–Trinajstić information content (AvgIpc) is 2.37. The van der Waals surface area contributed by atoms with E-state index in [1.165, 1.54) is 17.7 Å². The molecule has 0 aromatic heterocycles. The van der Waals surface area contributed by atoms with Crippen molar-refractivity contribution in [2.75, 3.05) is 18.5 Å².